The van der Waals surface area contributed by atoms with Crippen molar-refractivity contribution in [2.75, 3.05) is 23.7 Å². The molecule has 0 aliphatic carbocycles. The van der Waals surface area contributed by atoms with Crippen LogP contribution in [0.2, 0.25) is 5.02 Å². The maximum Gasteiger partial charge on any atom is 0.244 e. The molecule has 0 aliphatic heterocycles. The van der Waals surface area contributed by atoms with Crippen molar-refractivity contribution in [3.63, 3.8) is 0 Å². The minimum atomic E-state index is -3.73. The van der Waals surface area contributed by atoms with E-state index in [1.807, 2.05) is 0 Å². The maximum atomic E-state index is 13.3. The zero-order valence-electron chi connectivity index (χ0n) is 17.5. The molecule has 0 saturated heterocycles. The topological polar surface area (TPSA) is 86.8 Å². The van der Waals surface area contributed by atoms with Crippen LogP contribution in [-0.4, -0.2) is 50.5 Å². The van der Waals surface area contributed by atoms with Crippen LogP contribution >= 0.6 is 34.2 Å². The SMILES string of the molecule is CCNC(=O)[C@@H](C)N(Cc1ccc(Cl)cc1)C(=O)CN(c1ccc(I)cc1)S(C)(=O)=O. The Morgan fingerprint density at radius 3 is 2.19 bits per heavy atom. The van der Waals surface area contributed by atoms with Gasteiger partial charge in [-0.05, 0) is 78.4 Å². The summed E-state index contributed by atoms with van der Waals surface area (Å²) < 4.78 is 26.9. The van der Waals surface area contributed by atoms with Gasteiger partial charge in [-0.2, -0.15) is 0 Å². The van der Waals surface area contributed by atoms with Crippen LogP contribution < -0.4 is 9.62 Å². The molecule has 10 heteroatoms. The number of likely N-dealkylation sites (N-methyl/N-ethyl adjacent to an activating group) is 1. The van der Waals surface area contributed by atoms with E-state index in [1.165, 1.54) is 4.90 Å². The van der Waals surface area contributed by atoms with Gasteiger partial charge in [0.1, 0.15) is 12.6 Å². The molecule has 0 unspecified atom stereocenters. The molecule has 31 heavy (non-hydrogen) atoms. The lowest BCUT2D eigenvalue weighted by Crippen LogP contribution is -2.51. The number of nitrogens with one attached hydrogen (secondary N) is 1. The first-order valence-corrected chi connectivity index (χ1v) is 12.9. The van der Waals surface area contributed by atoms with Crippen molar-refractivity contribution in [2.24, 2.45) is 0 Å². The molecular formula is C21H25ClIN3O4S. The van der Waals surface area contributed by atoms with Gasteiger partial charge >= 0.3 is 0 Å². The highest BCUT2D eigenvalue weighted by Crippen LogP contribution is 2.20. The number of sulfonamides is 1. The zero-order chi connectivity index (χ0) is 23.2. The van der Waals surface area contributed by atoms with Crippen LogP contribution in [0.1, 0.15) is 19.4 Å². The fourth-order valence-corrected chi connectivity index (χ4v) is 4.25. The lowest BCUT2D eigenvalue weighted by molar-refractivity contribution is -0.139. The molecule has 0 radical (unpaired) electrons. The van der Waals surface area contributed by atoms with Crippen molar-refractivity contribution in [1.29, 1.82) is 0 Å². The Morgan fingerprint density at radius 1 is 1.10 bits per heavy atom. The van der Waals surface area contributed by atoms with E-state index in [1.54, 1.807) is 62.4 Å². The number of anilines is 1. The maximum absolute atomic E-state index is 13.3. The van der Waals surface area contributed by atoms with Crippen molar-refractivity contribution < 1.29 is 18.0 Å². The third kappa shape index (κ3) is 7.36. The van der Waals surface area contributed by atoms with Gasteiger partial charge in [0.2, 0.25) is 21.8 Å². The van der Waals surface area contributed by atoms with Crippen LogP contribution in [0, 0.1) is 3.57 Å². The highest BCUT2D eigenvalue weighted by molar-refractivity contribution is 14.1. The molecule has 0 bridgehead atoms. The lowest BCUT2D eigenvalue weighted by atomic mass is 10.1. The van der Waals surface area contributed by atoms with Crippen LogP contribution in [0.4, 0.5) is 5.69 Å². The molecule has 0 saturated carbocycles. The second-order valence-electron chi connectivity index (χ2n) is 6.96. The summed E-state index contributed by atoms with van der Waals surface area (Å²) in [5.74, 6) is -0.803. The molecule has 2 rings (SSSR count). The van der Waals surface area contributed by atoms with E-state index in [0.29, 0.717) is 17.3 Å². The fourth-order valence-electron chi connectivity index (χ4n) is 2.91. The smallest absolute Gasteiger partial charge is 0.244 e. The predicted octanol–water partition coefficient (Wildman–Crippen LogP) is 3.26. The monoisotopic (exact) mass is 577 g/mol. The Labute approximate surface area is 201 Å². The Kier molecular flexibility index (Phi) is 9.14. The number of rotatable bonds is 9. The van der Waals surface area contributed by atoms with Crippen molar-refractivity contribution in [1.82, 2.24) is 10.2 Å². The molecule has 7 nitrogen and oxygen atoms in total. The van der Waals surface area contributed by atoms with Crippen LogP contribution in [0.25, 0.3) is 0 Å². The van der Waals surface area contributed by atoms with Crippen molar-refractivity contribution in [3.05, 3.63) is 62.7 Å². The molecule has 0 aromatic heterocycles. The Morgan fingerprint density at radius 2 is 1.68 bits per heavy atom. The van der Waals surface area contributed by atoms with Gasteiger partial charge in [-0.25, -0.2) is 8.42 Å². The first-order chi connectivity index (χ1) is 14.5. The Hall–Kier alpha value is -1.85. The largest absolute Gasteiger partial charge is 0.355 e. The second-order valence-corrected chi connectivity index (χ2v) is 10.6. The summed E-state index contributed by atoms with van der Waals surface area (Å²) >= 11 is 8.06. The molecule has 168 valence electrons. The molecule has 0 heterocycles. The quantitative estimate of drug-likeness (QED) is 0.464. The third-order valence-electron chi connectivity index (χ3n) is 4.58. The van der Waals surface area contributed by atoms with E-state index in [4.69, 9.17) is 11.6 Å². The molecule has 2 amide bonds. The van der Waals surface area contributed by atoms with Gasteiger partial charge in [-0.3, -0.25) is 13.9 Å². The van der Waals surface area contributed by atoms with E-state index in [-0.39, 0.29) is 12.5 Å². The average molecular weight is 578 g/mol. The van der Waals surface area contributed by atoms with E-state index in [9.17, 15) is 18.0 Å². The normalized spacial score (nSPS) is 12.2. The highest BCUT2D eigenvalue weighted by atomic mass is 127. The number of hydrogen-bond donors (Lipinski definition) is 1. The van der Waals surface area contributed by atoms with Gasteiger partial charge < -0.3 is 10.2 Å². The van der Waals surface area contributed by atoms with Crippen LogP contribution in [0.3, 0.4) is 0 Å². The molecule has 1 N–H and O–H groups in total. The van der Waals surface area contributed by atoms with Gasteiger partial charge in [-0.1, -0.05) is 23.7 Å². The summed E-state index contributed by atoms with van der Waals surface area (Å²) in [6.07, 6.45) is 1.05. The average Bonchev–Trinajstić information content (AvgIpc) is 2.71. The summed E-state index contributed by atoms with van der Waals surface area (Å²) in [6.45, 7) is 3.55. The number of benzene rings is 2. The van der Waals surface area contributed by atoms with Gasteiger partial charge in [0.05, 0.1) is 11.9 Å². The van der Waals surface area contributed by atoms with Gasteiger partial charge in [0.25, 0.3) is 0 Å². The second kappa shape index (κ2) is 11.1. The molecule has 1 atom stereocenters. The molecule has 0 spiro atoms. The summed E-state index contributed by atoms with van der Waals surface area (Å²) in [5, 5.41) is 3.27. The Bertz CT molecular complexity index is 1010. The Balaban J connectivity index is 2.35. The van der Waals surface area contributed by atoms with Crippen molar-refractivity contribution in [2.45, 2.75) is 26.4 Å². The standard InChI is InChI=1S/C21H25ClIN3O4S/c1-4-24-21(28)15(2)25(13-16-5-7-17(22)8-6-16)20(27)14-26(31(3,29)30)19-11-9-18(23)10-12-19/h5-12,15H,4,13-14H2,1-3H3,(H,24,28)/t15-/m1/s1. The number of hydrogen-bond acceptors (Lipinski definition) is 4. The minimum absolute atomic E-state index is 0.137. The van der Waals surface area contributed by atoms with E-state index in [2.05, 4.69) is 27.9 Å². The lowest BCUT2D eigenvalue weighted by Gasteiger charge is -2.31. The number of carbonyl (C=O) groups is 2. The number of amides is 2. The van der Waals surface area contributed by atoms with Gasteiger partial charge in [0.15, 0.2) is 0 Å². The molecule has 0 aliphatic rings. The van der Waals surface area contributed by atoms with Crippen LogP contribution in [0.15, 0.2) is 48.5 Å². The first-order valence-electron chi connectivity index (χ1n) is 9.57. The number of nitrogens with zero attached hydrogens (tertiary/aromatic N) is 2. The van der Waals surface area contributed by atoms with E-state index >= 15 is 0 Å². The molecule has 2 aromatic carbocycles. The predicted molar refractivity (Wildman–Crippen MR) is 131 cm³/mol. The van der Waals surface area contributed by atoms with Crippen LogP contribution in [0.5, 0.6) is 0 Å². The van der Waals surface area contributed by atoms with Gasteiger partial charge in [0, 0.05) is 21.7 Å². The van der Waals surface area contributed by atoms with Crippen molar-refractivity contribution >= 4 is 61.7 Å². The van der Waals surface area contributed by atoms with Crippen LogP contribution in [-0.2, 0) is 26.2 Å². The molecule has 2 aromatic rings. The summed E-state index contributed by atoms with van der Waals surface area (Å²) in [7, 11) is -3.73. The first kappa shape index (κ1) is 25.4. The van der Waals surface area contributed by atoms with E-state index < -0.39 is 28.5 Å². The van der Waals surface area contributed by atoms with E-state index in [0.717, 1.165) is 19.7 Å². The minimum Gasteiger partial charge on any atom is -0.355 e. The molecule has 0 fully saturated rings. The summed E-state index contributed by atoms with van der Waals surface area (Å²) in [6, 6.07) is 13.0. The van der Waals surface area contributed by atoms with Crippen molar-refractivity contribution in [3.8, 4) is 0 Å². The number of carbonyl (C=O) groups excluding carboxylic acids is 2. The zero-order valence-corrected chi connectivity index (χ0v) is 21.2. The number of halogens is 2. The highest BCUT2D eigenvalue weighted by Gasteiger charge is 2.29. The third-order valence-corrected chi connectivity index (χ3v) is 6.69. The summed E-state index contributed by atoms with van der Waals surface area (Å²) in [5.41, 5.74) is 1.16. The molecular weight excluding hydrogens is 553 g/mol. The van der Waals surface area contributed by atoms with Gasteiger partial charge in [-0.15, -0.1) is 0 Å². The summed E-state index contributed by atoms with van der Waals surface area (Å²) in [4.78, 5) is 27.1. The fraction of sp³-hybridized carbons (Fsp3) is 0.333.